The first kappa shape index (κ1) is 16.6. The van der Waals surface area contributed by atoms with Crippen molar-refractivity contribution in [3.05, 3.63) is 72.9 Å². The summed E-state index contributed by atoms with van der Waals surface area (Å²) in [6, 6.07) is 6.34. The second-order valence-electron chi connectivity index (χ2n) is 4.81. The molecule has 2 aromatic carbocycles. The van der Waals surface area contributed by atoms with Crippen molar-refractivity contribution < 1.29 is 17.6 Å². The molecule has 0 spiro atoms. The maximum atomic E-state index is 12.7. The summed E-state index contributed by atoms with van der Waals surface area (Å²) in [5.41, 5.74) is -2.01. The van der Waals surface area contributed by atoms with Gasteiger partial charge in [0.2, 0.25) is 0 Å². The van der Waals surface area contributed by atoms with Gasteiger partial charge in [0.15, 0.2) is 0 Å². The molecular formula is C15H6Cl2F3NO3. The zero-order valence-electron chi connectivity index (χ0n) is 11.5. The Hall–Kier alpha value is -2.25. The highest BCUT2D eigenvalue weighted by Gasteiger charge is 2.31. The van der Waals surface area contributed by atoms with Crippen molar-refractivity contribution >= 4 is 34.2 Å². The van der Waals surface area contributed by atoms with Crippen LogP contribution < -0.4 is 11.3 Å². The Morgan fingerprint density at radius 3 is 2.33 bits per heavy atom. The minimum absolute atomic E-state index is 0.00179. The lowest BCUT2D eigenvalue weighted by molar-refractivity contribution is -0.137. The monoisotopic (exact) mass is 375 g/mol. The van der Waals surface area contributed by atoms with Crippen LogP contribution in [0.3, 0.4) is 0 Å². The van der Waals surface area contributed by atoms with Gasteiger partial charge in [0, 0.05) is 5.02 Å². The van der Waals surface area contributed by atoms with Gasteiger partial charge in [0.25, 0.3) is 5.56 Å². The number of rotatable bonds is 1. The van der Waals surface area contributed by atoms with Crippen LogP contribution in [-0.2, 0) is 6.18 Å². The van der Waals surface area contributed by atoms with Crippen molar-refractivity contribution in [2.75, 3.05) is 0 Å². The van der Waals surface area contributed by atoms with E-state index >= 15 is 0 Å². The van der Waals surface area contributed by atoms with Crippen LogP contribution in [-0.4, -0.2) is 4.57 Å². The Bertz CT molecular complexity index is 1070. The SMILES string of the molecule is O=c1oc2ccc(Cl)cc2c(=O)n1-c1ccc(C(F)(F)F)cc1Cl. The fourth-order valence-corrected chi connectivity index (χ4v) is 2.61. The molecule has 0 amide bonds. The minimum atomic E-state index is -4.60. The molecule has 0 aliphatic heterocycles. The van der Waals surface area contributed by atoms with Gasteiger partial charge in [-0.25, -0.2) is 9.36 Å². The topological polar surface area (TPSA) is 52.2 Å². The van der Waals surface area contributed by atoms with E-state index in [4.69, 9.17) is 27.6 Å². The molecule has 0 saturated carbocycles. The largest absolute Gasteiger partial charge is 0.427 e. The van der Waals surface area contributed by atoms with E-state index in [0.29, 0.717) is 10.6 Å². The normalized spacial score (nSPS) is 11.9. The smallest absolute Gasteiger partial charge is 0.409 e. The minimum Gasteiger partial charge on any atom is -0.409 e. The molecular weight excluding hydrogens is 370 g/mol. The van der Waals surface area contributed by atoms with Crippen molar-refractivity contribution in [2.45, 2.75) is 6.18 Å². The molecule has 0 atom stereocenters. The van der Waals surface area contributed by atoms with Gasteiger partial charge in [0.05, 0.1) is 21.7 Å². The second kappa shape index (κ2) is 5.68. The molecule has 0 N–H and O–H groups in total. The Morgan fingerprint density at radius 2 is 1.71 bits per heavy atom. The zero-order valence-corrected chi connectivity index (χ0v) is 13.0. The summed E-state index contributed by atoms with van der Waals surface area (Å²) in [6.07, 6.45) is -4.60. The number of benzene rings is 2. The number of halogens is 5. The van der Waals surface area contributed by atoms with E-state index in [-0.39, 0.29) is 21.7 Å². The van der Waals surface area contributed by atoms with Crippen LogP contribution in [0, 0.1) is 0 Å². The van der Waals surface area contributed by atoms with E-state index < -0.39 is 28.1 Å². The number of hydrogen-bond donors (Lipinski definition) is 0. The number of fused-ring (bicyclic) bond motifs is 1. The molecule has 0 unspecified atom stereocenters. The Labute approximate surface area is 141 Å². The molecule has 1 aromatic heterocycles. The second-order valence-corrected chi connectivity index (χ2v) is 5.66. The maximum absolute atomic E-state index is 12.7. The molecule has 3 aromatic rings. The summed E-state index contributed by atoms with van der Waals surface area (Å²) >= 11 is 11.6. The molecule has 0 fully saturated rings. The van der Waals surface area contributed by atoms with Crippen molar-refractivity contribution in [3.8, 4) is 5.69 Å². The third-order valence-corrected chi connectivity index (χ3v) is 3.81. The average molecular weight is 376 g/mol. The molecule has 0 aliphatic rings. The highest BCUT2D eigenvalue weighted by molar-refractivity contribution is 6.32. The first-order valence-corrected chi connectivity index (χ1v) is 7.16. The quantitative estimate of drug-likeness (QED) is 0.638. The highest BCUT2D eigenvalue weighted by Crippen LogP contribution is 2.32. The third-order valence-electron chi connectivity index (χ3n) is 3.27. The van der Waals surface area contributed by atoms with Gasteiger partial charge in [-0.3, -0.25) is 4.79 Å². The van der Waals surface area contributed by atoms with Crippen LogP contribution in [0.2, 0.25) is 10.0 Å². The van der Waals surface area contributed by atoms with E-state index in [1.54, 1.807) is 0 Å². The summed E-state index contributed by atoms with van der Waals surface area (Å²) in [7, 11) is 0. The van der Waals surface area contributed by atoms with Crippen LogP contribution >= 0.6 is 23.2 Å². The fourth-order valence-electron chi connectivity index (χ4n) is 2.17. The molecule has 0 saturated heterocycles. The molecule has 1 heterocycles. The van der Waals surface area contributed by atoms with E-state index in [2.05, 4.69) is 0 Å². The van der Waals surface area contributed by atoms with Gasteiger partial charge >= 0.3 is 11.9 Å². The number of alkyl halides is 3. The van der Waals surface area contributed by atoms with Crippen LogP contribution in [0.5, 0.6) is 0 Å². The Morgan fingerprint density at radius 1 is 1.00 bits per heavy atom. The first-order valence-electron chi connectivity index (χ1n) is 6.41. The molecule has 0 radical (unpaired) electrons. The molecule has 3 rings (SSSR count). The molecule has 24 heavy (non-hydrogen) atoms. The van der Waals surface area contributed by atoms with E-state index in [0.717, 1.165) is 12.1 Å². The van der Waals surface area contributed by atoms with Crippen molar-refractivity contribution in [1.29, 1.82) is 0 Å². The Balaban J connectivity index is 2.31. The number of aromatic nitrogens is 1. The van der Waals surface area contributed by atoms with Crippen molar-refractivity contribution in [3.63, 3.8) is 0 Å². The maximum Gasteiger partial charge on any atom is 0.427 e. The van der Waals surface area contributed by atoms with Gasteiger partial charge in [0.1, 0.15) is 5.58 Å². The van der Waals surface area contributed by atoms with E-state index in [1.165, 1.54) is 18.2 Å². The lowest BCUT2D eigenvalue weighted by Gasteiger charge is -2.11. The van der Waals surface area contributed by atoms with Gasteiger partial charge in [-0.1, -0.05) is 23.2 Å². The van der Waals surface area contributed by atoms with E-state index in [9.17, 15) is 22.8 Å². The first-order chi connectivity index (χ1) is 11.2. The summed E-state index contributed by atoms with van der Waals surface area (Å²) in [5, 5.41) is -0.183. The predicted molar refractivity (Wildman–Crippen MR) is 83.1 cm³/mol. The number of hydrogen-bond acceptors (Lipinski definition) is 3. The van der Waals surface area contributed by atoms with Gasteiger partial charge in [-0.2, -0.15) is 13.2 Å². The molecule has 0 bridgehead atoms. The lowest BCUT2D eigenvalue weighted by atomic mass is 10.2. The fraction of sp³-hybridized carbons (Fsp3) is 0.0667. The van der Waals surface area contributed by atoms with Gasteiger partial charge in [-0.05, 0) is 36.4 Å². The average Bonchev–Trinajstić information content (AvgIpc) is 2.48. The summed E-state index contributed by atoms with van der Waals surface area (Å²) < 4.78 is 43.6. The summed E-state index contributed by atoms with van der Waals surface area (Å²) in [4.78, 5) is 24.6. The van der Waals surface area contributed by atoms with Crippen LogP contribution in [0.25, 0.3) is 16.7 Å². The Kier molecular flexibility index (Phi) is 3.93. The predicted octanol–water partition coefficient (Wildman–Crippen LogP) is 4.27. The molecule has 124 valence electrons. The van der Waals surface area contributed by atoms with Crippen LogP contribution in [0.4, 0.5) is 13.2 Å². The van der Waals surface area contributed by atoms with E-state index in [1.807, 2.05) is 0 Å². The number of nitrogens with zero attached hydrogens (tertiary/aromatic N) is 1. The third kappa shape index (κ3) is 2.81. The summed E-state index contributed by atoms with van der Waals surface area (Å²) in [6.45, 7) is 0. The molecule has 4 nitrogen and oxygen atoms in total. The molecule has 0 aliphatic carbocycles. The van der Waals surface area contributed by atoms with Crippen LogP contribution in [0.15, 0.2) is 50.4 Å². The standard InChI is InChI=1S/C15H6Cl2F3NO3/c16-8-2-4-12-9(6-8)13(22)21(14(23)24-12)11-3-1-7(5-10(11)17)15(18,19)20/h1-6H. The van der Waals surface area contributed by atoms with Crippen molar-refractivity contribution in [1.82, 2.24) is 4.57 Å². The highest BCUT2D eigenvalue weighted by atomic mass is 35.5. The van der Waals surface area contributed by atoms with Crippen molar-refractivity contribution in [2.24, 2.45) is 0 Å². The zero-order chi connectivity index (χ0) is 17.6. The molecule has 9 heteroatoms. The van der Waals surface area contributed by atoms with Gasteiger partial charge < -0.3 is 4.42 Å². The van der Waals surface area contributed by atoms with Crippen LogP contribution in [0.1, 0.15) is 5.56 Å². The lowest BCUT2D eigenvalue weighted by Crippen LogP contribution is -2.31. The summed E-state index contributed by atoms with van der Waals surface area (Å²) in [5.74, 6) is -1.07. The van der Waals surface area contributed by atoms with Gasteiger partial charge in [-0.15, -0.1) is 0 Å².